The summed E-state index contributed by atoms with van der Waals surface area (Å²) >= 11 is 0. The predicted octanol–water partition coefficient (Wildman–Crippen LogP) is 2.06. The number of ether oxygens (including phenoxy) is 1. The Morgan fingerprint density at radius 1 is 0.595 bits per heavy atom. The van der Waals surface area contributed by atoms with Crippen LogP contribution in [-0.2, 0) is 50.1 Å². The molecular formula is C30H31N7O5. The van der Waals surface area contributed by atoms with E-state index in [9.17, 15) is 19.2 Å². The van der Waals surface area contributed by atoms with Crippen molar-refractivity contribution in [3.63, 3.8) is 0 Å². The van der Waals surface area contributed by atoms with Crippen molar-refractivity contribution in [3.05, 3.63) is 120 Å². The highest BCUT2D eigenvalue weighted by Crippen LogP contribution is 2.09. The third kappa shape index (κ3) is 10.2. The van der Waals surface area contributed by atoms with Gasteiger partial charge in [-0.3, -0.25) is 34.3 Å². The van der Waals surface area contributed by atoms with E-state index in [4.69, 9.17) is 10.5 Å². The summed E-state index contributed by atoms with van der Waals surface area (Å²) in [5, 5.41) is 0. The molecule has 0 atom stereocenters. The summed E-state index contributed by atoms with van der Waals surface area (Å²) in [4.78, 5) is 66.2. The van der Waals surface area contributed by atoms with Gasteiger partial charge in [-0.2, -0.15) is 0 Å². The van der Waals surface area contributed by atoms with Crippen LogP contribution in [0.15, 0.2) is 97.6 Å². The summed E-state index contributed by atoms with van der Waals surface area (Å²) in [5.41, 5.74) is 7.81. The van der Waals surface area contributed by atoms with Gasteiger partial charge < -0.3 is 20.3 Å². The van der Waals surface area contributed by atoms with Crippen molar-refractivity contribution in [1.29, 1.82) is 0 Å². The number of aromatic nitrogens is 4. The second-order valence-electron chi connectivity index (χ2n) is 8.69. The van der Waals surface area contributed by atoms with Crippen molar-refractivity contribution in [1.82, 2.24) is 29.7 Å². The molecule has 0 aliphatic rings. The molecule has 0 unspecified atom stereocenters. The Labute approximate surface area is 243 Å². The molecule has 12 heteroatoms. The zero-order valence-corrected chi connectivity index (χ0v) is 23.1. The SMILES string of the molecule is CCOC(=O)C(=O)N(Cc1ccccn1)Cc1ccccn1.NC(=O)C(=O)N(Cc1ccccn1)Cc1ccccn1. The minimum atomic E-state index is -0.989. The first-order valence-electron chi connectivity index (χ1n) is 13.0. The molecule has 216 valence electrons. The second kappa shape index (κ2) is 16.6. The van der Waals surface area contributed by atoms with E-state index < -0.39 is 23.7 Å². The lowest BCUT2D eigenvalue weighted by Crippen LogP contribution is -2.39. The fourth-order valence-electron chi connectivity index (χ4n) is 3.63. The van der Waals surface area contributed by atoms with E-state index in [1.807, 2.05) is 24.3 Å². The highest BCUT2D eigenvalue weighted by molar-refractivity contribution is 6.34. The number of primary amides is 1. The number of amides is 3. The number of hydrogen-bond donors (Lipinski definition) is 1. The Balaban J connectivity index is 0.000000231. The molecule has 3 amide bonds. The average Bonchev–Trinajstić information content (AvgIpc) is 3.02. The molecule has 42 heavy (non-hydrogen) atoms. The number of nitrogens with two attached hydrogens (primary N) is 1. The summed E-state index contributed by atoms with van der Waals surface area (Å²) < 4.78 is 4.79. The van der Waals surface area contributed by atoms with Gasteiger partial charge in [0.1, 0.15) is 0 Å². The maximum Gasteiger partial charge on any atom is 0.397 e. The summed E-state index contributed by atoms with van der Waals surface area (Å²) in [6, 6.07) is 21.6. The third-order valence-corrected chi connectivity index (χ3v) is 5.55. The minimum Gasteiger partial charge on any atom is -0.459 e. The Morgan fingerprint density at radius 2 is 0.929 bits per heavy atom. The molecule has 2 N–H and O–H groups in total. The number of esters is 1. The van der Waals surface area contributed by atoms with Crippen molar-refractivity contribution in [2.24, 2.45) is 5.73 Å². The minimum absolute atomic E-state index is 0.158. The van der Waals surface area contributed by atoms with E-state index in [1.165, 1.54) is 9.80 Å². The summed E-state index contributed by atoms with van der Waals surface area (Å²) in [5.74, 6) is -3.30. The van der Waals surface area contributed by atoms with Crippen molar-refractivity contribution in [3.8, 4) is 0 Å². The van der Waals surface area contributed by atoms with Crippen LogP contribution < -0.4 is 5.73 Å². The number of carbonyl (C=O) groups excluding carboxylic acids is 4. The Bertz CT molecular complexity index is 1340. The zero-order chi connectivity index (χ0) is 30.2. The molecule has 4 heterocycles. The van der Waals surface area contributed by atoms with Crippen LogP contribution >= 0.6 is 0 Å². The van der Waals surface area contributed by atoms with Gasteiger partial charge in [-0.25, -0.2) is 4.79 Å². The van der Waals surface area contributed by atoms with E-state index in [0.29, 0.717) is 22.8 Å². The first kappa shape index (κ1) is 31.0. The Kier molecular flexibility index (Phi) is 12.2. The quantitative estimate of drug-likeness (QED) is 0.235. The lowest BCUT2D eigenvalue weighted by atomic mass is 10.2. The molecule has 0 radical (unpaired) electrons. The average molecular weight is 570 g/mol. The fraction of sp³-hybridized carbons (Fsp3) is 0.200. The monoisotopic (exact) mass is 569 g/mol. The van der Waals surface area contributed by atoms with Crippen molar-refractivity contribution < 1.29 is 23.9 Å². The van der Waals surface area contributed by atoms with E-state index in [1.54, 1.807) is 80.2 Å². The van der Waals surface area contributed by atoms with Gasteiger partial charge in [-0.15, -0.1) is 0 Å². The van der Waals surface area contributed by atoms with Crippen LogP contribution in [0.5, 0.6) is 0 Å². The fourth-order valence-corrected chi connectivity index (χ4v) is 3.63. The normalized spacial score (nSPS) is 10.0. The number of pyridine rings is 4. The first-order valence-corrected chi connectivity index (χ1v) is 13.0. The van der Waals surface area contributed by atoms with Crippen LogP contribution in [0.25, 0.3) is 0 Å². The van der Waals surface area contributed by atoms with E-state index >= 15 is 0 Å². The molecule has 4 aromatic heterocycles. The third-order valence-electron chi connectivity index (χ3n) is 5.55. The van der Waals surface area contributed by atoms with E-state index in [0.717, 1.165) is 0 Å². The lowest BCUT2D eigenvalue weighted by molar-refractivity contribution is -0.160. The first-order chi connectivity index (χ1) is 20.4. The highest BCUT2D eigenvalue weighted by Gasteiger charge is 2.24. The molecule has 0 aliphatic carbocycles. The molecule has 12 nitrogen and oxygen atoms in total. The van der Waals surface area contributed by atoms with E-state index in [-0.39, 0.29) is 32.8 Å². The van der Waals surface area contributed by atoms with Crippen molar-refractivity contribution >= 4 is 23.7 Å². The number of nitrogens with zero attached hydrogens (tertiary/aromatic N) is 6. The zero-order valence-electron chi connectivity index (χ0n) is 23.1. The molecular weight excluding hydrogens is 538 g/mol. The molecule has 0 saturated heterocycles. The highest BCUT2D eigenvalue weighted by atomic mass is 16.5. The second-order valence-corrected chi connectivity index (χ2v) is 8.69. The largest absolute Gasteiger partial charge is 0.459 e. The maximum absolute atomic E-state index is 12.2. The molecule has 0 bridgehead atoms. The Morgan fingerprint density at radius 3 is 1.19 bits per heavy atom. The number of carbonyl (C=O) groups is 4. The lowest BCUT2D eigenvalue weighted by Gasteiger charge is -2.20. The van der Waals surface area contributed by atoms with Crippen LogP contribution in [0.3, 0.4) is 0 Å². The van der Waals surface area contributed by atoms with Crippen LogP contribution in [0, 0.1) is 0 Å². The van der Waals surface area contributed by atoms with Crippen LogP contribution in [0.2, 0.25) is 0 Å². The van der Waals surface area contributed by atoms with Gasteiger partial charge >= 0.3 is 23.7 Å². The molecule has 4 rings (SSSR count). The van der Waals surface area contributed by atoms with Crippen LogP contribution in [0.4, 0.5) is 0 Å². The molecule has 0 aromatic carbocycles. The summed E-state index contributed by atoms with van der Waals surface area (Å²) in [6.45, 7) is 2.67. The van der Waals surface area contributed by atoms with E-state index in [2.05, 4.69) is 19.9 Å². The van der Waals surface area contributed by atoms with Crippen molar-refractivity contribution in [2.45, 2.75) is 33.1 Å². The smallest absolute Gasteiger partial charge is 0.397 e. The van der Waals surface area contributed by atoms with Gasteiger partial charge in [-0.05, 0) is 55.5 Å². The number of hydrogen-bond acceptors (Lipinski definition) is 9. The van der Waals surface area contributed by atoms with Crippen molar-refractivity contribution in [2.75, 3.05) is 6.61 Å². The van der Waals surface area contributed by atoms with Gasteiger partial charge in [0.15, 0.2) is 0 Å². The molecule has 0 saturated carbocycles. The topological polar surface area (TPSA) is 162 Å². The molecule has 0 aliphatic heterocycles. The van der Waals surface area contributed by atoms with Crippen LogP contribution in [0.1, 0.15) is 29.7 Å². The van der Waals surface area contributed by atoms with Gasteiger partial charge in [0, 0.05) is 24.8 Å². The van der Waals surface area contributed by atoms with Gasteiger partial charge in [0.2, 0.25) is 0 Å². The summed E-state index contributed by atoms with van der Waals surface area (Å²) in [6.07, 6.45) is 6.54. The predicted molar refractivity (Wildman–Crippen MR) is 151 cm³/mol. The standard InChI is InChI=1S/C16H17N3O3.C14H14N4O2/c1-2-22-16(21)15(20)19(11-13-7-3-5-9-17-13)12-14-8-4-6-10-18-14;15-13(19)14(20)18(9-11-5-1-3-7-16-11)10-12-6-2-4-8-17-12/h3-10H,2,11-12H2,1H3;1-8H,9-10H2,(H2,15,19). The van der Waals surface area contributed by atoms with Gasteiger partial charge in [0.25, 0.3) is 0 Å². The molecule has 0 fully saturated rings. The maximum atomic E-state index is 12.2. The number of rotatable bonds is 9. The Hall–Kier alpha value is -5.52. The summed E-state index contributed by atoms with van der Waals surface area (Å²) in [7, 11) is 0. The van der Waals surface area contributed by atoms with Gasteiger partial charge in [0.05, 0.1) is 55.6 Å². The van der Waals surface area contributed by atoms with Crippen LogP contribution in [-0.4, -0.2) is 60.0 Å². The molecule has 4 aromatic rings. The van der Waals surface area contributed by atoms with Gasteiger partial charge in [-0.1, -0.05) is 24.3 Å². The molecule has 0 spiro atoms.